The summed E-state index contributed by atoms with van der Waals surface area (Å²) in [7, 11) is 0.424. The first-order valence-corrected chi connectivity index (χ1v) is 12.4. The van der Waals surface area contributed by atoms with Crippen LogP contribution in [-0.2, 0) is 9.84 Å². The maximum Gasteiger partial charge on any atom is 0.261 e. The van der Waals surface area contributed by atoms with Crippen LogP contribution >= 0.6 is 11.3 Å². The Morgan fingerprint density at radius 1 is 1.10 bits per heavy atom. The van der Waals surface area contributed by atoms with Crippen molar-refractivity contribution in [2.75, 3.05) is 38.3 Å². The minimum Gasteiger partial charge on any atom is -0.309 e. The van der Waals surface area contributed by atoms with Crippen molar-refractivity contribution < 1.29 is 13.2 Å². The maximum atomic E-state index is 13.5. The number of carbonyl (C=O) groups excluding carboxylic acids is 1. The average Bonchev–Trinajstić information content (AvgIpc) is 3.08. The Kier molecular flexibility index (Phi) is 6.59. The Morgan fingerprint density at radius 2 is 1.80 bits per heavy atom. The lowest BCUT2D eigenvalue weighted by Gasteiger charge is -2.22. The van der Waals surface area contributed by atoms with Crippen molar-refractivity contribution in [3.05, 3.63) is 53.1 Å². The molecule has 1 heterocycles. The molecule has 3 rings (SSSR count). The Labute approximate surface area is 182 Å². The van der Waals surface area contributed by atoms with Crippen molar-refractivity contribution in [2.45, 2.75) is 25.2 Å². The number of benzene rings is 2. The van der Waals surface area contributed by atoms with Crippen LogP contribution in [0.5, 0.6) is 0 Å². The summed E-state index contributed by atoms with van der Waals surface area (Å²) in [6.45, 7) is 5.32. The molecule has 160 valence electrons. The van der Waals surface area contributed by atoms with Gasteiger partial charge in [-0.3, -0.25) is 9.69 Å². The number of fused-ring (bicyclic) bond motifs is 1. The summed E-state index contributed by atoms with van der Waals surface area (Å²) < 4.78 is 25.5. The molecule has 0 saturated heterocycles. The van der Waals surface area contributed by atoms with Gasteiger partial charge >= 0.3 is 0 Å². The van der Waals surface area contributed by atoms with Crippen molar-refractivity contribution in [3.8, 4) is 0 Å². The van der Waals surface area contributed by atoms with E-state index in [2.05, 4.69) is 11.0 Å². The highest BCUT2D eigenvalue weighted by Gasteiger charge is 2.26. The van der Waals surface area contributed by atoms with Gasteiger partial charge in [0.15, 0.2) is 15.0 Å². The van der Waals surface area contributed by atoms with Gasteiger partial charge in [-0.25, -0.2) is 13.4 Å². The summed E-state index contributed by atoms with van der Waals surface area (Å²) in [5.74, 6) is -0.344. The van der Waals surface area contributed by atoms with E-state index in [9.17, 15) is 13.2 Å². The van der Waals surface area contributed by atoms with E-state index < -0.39 is 9.84 Å². The lowest BCUT2D eigenvalue weighted by molar-refractivity contribution is 0.0983. The molecule has 0 spiro atoms. The van der Waals surface area contributed by atoms with Gasteiger partial charge in [0.25, 0.3) is 5.91 Å². The van der Waals surface area contributed by atoms with E-state index in [1.807, 2.05) is 34.0 Å². The van der Waals surface area contributed by atoms with Gasteiger partial charge < -0.3 is 4.90 Å². The second-order valence-electron chi connectivity index (χ2n) is 7.81. The molecule has 2 aromatic carbocycles. The SMILES string of the molecule is Cc1cc(C)c2sc(N(CCCN(C)C)C(=O)c3ccccc3S(C)(=O)=O)nc2c1. The molecule has 1 amide bonds. The Morgan fingerprint density at radius 3 is 2.47 bits per heavy atom. The second kappa shape index (κ2) is 8.83. The van der Waals surface area contributed by atoms with Crippen LogP contribution in [0.25, 0.3) is 10.2 Å². The molecular formula is C22H27N3O3S2. The largest absolute Gasteiger partial charge is 0.309 e. The molecule has 0 saturated carbocycles. The van der Waals surface area contributed by atoms with Crippen molar-refractivity contribution in [1.82, 2.24) is 9.88 Å². The van der Waals surface area contributed by atoms with Gasteiger partial charge in [-0.15, -0.1) is 0 Å². The number of anilines is 1. The van der Waals surface area contributed by atoms with Crippen LogP contribution in [0.2, 0.25) is 0 Å². The topological polar surface area (TPSA) is 70.6 Å². The highest BCUT2D eigenvalue weighted by Crippen LogP contribution is 2.33. The zero-order chi connectivity index (χ0) is 22.1. The molecular weight excluding hydrogens is 418 g/mol. The van der Waals surface area contributed by atoms with Gasteiger partial charge in [-0.05, 0) is 70.2 Å². The zero-order valence-corrected chi connectivity index (χ0v) is 19.6. The third-order valence-electron chi connectivity index (χ3n) is 4.79. The first-order chi connectivity index (χ1) is 14.1. The highest BCUT2D eigenvalue weighted by atomic mass is 32.2. The van der Waals surface area contributed by atoms with Gasteiger partial charge in [0.05, 0.1) is 20.7 Å². The molecule has 0 unspecified atom stereocenters. The molecule has 6 nitrogen and oxygen atoms in total. The van der Waals surface area contributed by atoms with Crippen molar-refractivity contribution in [3.63, 3.8) is 0 Å². The number of aromatic nitrogens is 1. The van der Waals surface area contributed by atoms with Crippen LogP contribution in [-0.4, -0.2) is 57.6 Å². The fraction of sp³-hybridized carbons (Fsp3) is 0.364. The second-order valence-corrected chi connectivity index (χ2v) is 10.8. The number of nitrogens with zero attached hydrogens (tertiary/aromatic N) is 3. The standard InChI is InChI=1S/C22H27N3O3S2/c1-15-13-16(2)20-18(14-15)23-22(29-20)25(12-8-11-24(3)4)21(26)17-9-6-7-10-19(17)30(5,27)28/h6-7,9-10,13-14H,8,11-12H2,1-5H3. The highest BCUT2D eigenvalue weighted by molar-refractivity contribution is 7.90. The Balaban J connectivity index is 2.08. The predicted octanol–water partition coefficient (Wildman–Crippen LogP) is 3.92. The number of rotatable bonds is 7. The molecule has 0 aliphatic carbocycles. The van der Waals surface area contributed by atoms with E-state index in [1.54, 1.807) is 23.1 Å². The monoisotopic (exact) mass is 445 g/mol. The molecule has 0 N–H and O–H groups in total. The molecule has 0 atom stereocenters. The van der Waals surface area contributed by atoms with Crippen molar-refractivity contribution in [2.24, 2.45) is 0 Å². The zero-order valence-electron chi connectivity index (χ0n) is 18.0. The molecule has 3 aromatic rings. The molecule has 0 bridgehead atoms. The lowest BCUT2D eigenvalue weighted by Crippen LogP contribution is -2.34. The maximum absolute atomic E-state index is 13.5. The summed E-state index contributed by atoms with van der Waals surface area (Å²) in [6, 6.07) is 10.5. The van der Waals surface area contributed by atoms with E-state index in [-0.39, 0.29) is 16.4 Å². The molecule has 0 fully saturated rings. The Hall–Kier alpha value is -2.29. The molecule has 8 heteroatoms. The third kappa shape index (κ3) is 4.88. The number of aryl methyl sites for hydroxylation is 2. The first kappa shape index (κ1) is 22.4. The normalized spacial score (nSPS) is 11.9. The number of amides is 1. The average molecular weight is 446 g/mol. The van der Waals surface area contributed by atoms with E-state index in [1.165, 1.54) is 17.4 Å². The van der Waals surface area contributed by atoms with Crippen LogP contribution in [0.4, 0.5) is 5.13 Å². The molecule has 0 aliphatic heterocycles. The first-order valence-electron chi connectivity index (χ1n) is 9.71. The molecule has 30 heavy (non-hydrogen) atoms. The number of carbonyl (C=O) groups is 1. The number of thiazole rings is 1. The van der Waals surface area contributed by atoms with E-state index in [0.29, 0.717) is 11.7 Å². The van der Waals surface area contributed by atoms with Gasteiger partial charge in [0.2, 0.25) is 0 Å². The molecule has 0 radical (unpaired) electrons. The van der Waals surface area contributed by atoms with Crippen LogP contribution in [0.3, 0.4) is 0 Å². The van der Waals surface area contributed by atoms with Gasteiger partial charge in [-0.1, -0.05) is 29.5 Å². The van der Waals surface area contributed by atoms with E-state index in [0.717, 1.165) is 40.6 Å². The fourth-order valence-corrected chi connectivity index (χ4v) is 5.34. The van der Waals surface area contributed by atoms with Gasteiger partial charge in [-0.2, -0.15) is 0 Å². The van der Waals surface area contributed by atoms with Crippen LogP contribution < -0.4 is 4.90 Å². The van der Waals surface area contributed by atoms with E-state index in [4.69, 9.17) is 4.98 Å². The summed E-state index contributed by atoms with van der Waals surface area (Å²) in [5, 5.41) is 0.589. The molecule has 0 aliphatic rings. The summed E-state index contributed by atoms with van der Waals surface area (Å²) in [4.78, 5) is 22.0. The van der Waals surface area contributed by atoms with Crippen LogP contribution in [0.1, 0.15) is 27.9 Å². The lowest BCUT2D eigenvalue weighted by atomic mass is 10.1. The number of hydrogen-bond donors (Lipinski definition) is 0. The number of hydrogen-bond acceptors (Lipinski definition) is 6. The predicted molar refractivity (Wildman–Crippen MR) is 123 cm³/mol. The van der Waals surface area contributed by atoms with Gasteiger partial charge in [0, 0.05) is 12.8 Å². The van der Waals surface area contributed by atoms with Crippen molar-refractivity contribution in [1.29, 1.82) is 0 Å². The summed E-state index contributed by atoms with van der Waals surface area (Å²) >= 11 is 1.47. The minimum absolute atomic E-state index is 0.0424. The van der Waals surface area contributed by atoms with Crippen LogP contribution in [0, 0.1) is 13.8 Å². The fourth-order valence-electron chi connectivity index (χ4n) is 3.42. The summed E-state index contributed by atoms with van der Waals surface area (Å²) in [5.41, 5.74) is 3.27. The van der Waals surface area contributed by atoms with Gasteiger partial charge in [0.1, 0.15) is 0 Å². The summed E-state index contributed by atoms with van der Waals surface area (Å²) in [6.07, 6.45) is 1.87. The number of sulfone groups is 1. The minimum atomic E-state index is -3.54. The quantitative estimate of drug-likeness (QED) is 0.551. The smallest absolute Gasteiger partial charge is 0.261 e. The molecule has 1 aromatic heterocycles. The van der Waals surface area contributed by atoms with E-state index >= 15 is 0 Å². The Bertz CT molecular complexity index is 1180. The van der Waals surface area contributed by atoms with Crippen LogP contribution in [0.15, 0.2) is 41.3 Å². The third-order valence-corrected chi connectivity index (χ3v) is 7.17. The van der Waals surface area contributed by atoms with Crippen molar-refractivity contribution >= 4 is 42.4 Å².